The molecular formula is C98H192N2O4. The third kappa shape index (κ3) is 60.8. The van der Waals surface area contributed by atoms with E-state index in [1.807, 2.05) is 20.8 Å². The fourth-order valence-electron chi connectivity index (χ4n) is 18.5. The number of amides is 1. The smallest absolute Gasteiger partial charge is 0.410 e. The zero-order valence-corrected chi connectivity index (χ0v) is 71.9. The average molecular weight is 1460 g/mol. The Hall–Kier alpha value is -0.850. The van der Waals surface area contributed by atoms with Crippen LogP contribution in [0.15, 0.2) is 0 Å². The molecule has 6 heteroatoms. The van der Waals surface area contributed by atoms with Crippen molar-refractivity contribution >= 4 is 6.09 Å². The van der Waals surface area contributed by atoms with E-state index in [-0.39, 0.29) is 11.5 Å². The van der Waals surface area contributed by atoms with Gasteiger partial charge in [-0.3, -0.25) is 0 Å². The number of nitrogens with zero attached hydrogens (tertiary/aromatic N) is 1. The van der Waals surface area contributed by atoms with E-state index in [0.29, 0.717) is 0 Å². The minimum Gasteiger partial charge on any atom is -0.444 e. The lowest BCUT2D eigenvalue weighted by molar-refractivity contribution is -0.247. The van der Waals surface area contributed by atoms with Crippen LogP contribution >= 0.6 is 0 Å². The summed E-state index contributed by atoms with van der Waals surface area (Å²) in [7, 11) is 0. The predicted molar refractivity (Wildman–Crippen MR) is 460 cm³/mol. The van der Waals surface area contributed by atoms with Gasteiger partial charge in [-0.1, -0.05) is 501 Å². The summed E-state index contributed by atoms with van der Waals surface area (Å²) in [5.74, 6) is -0.500. The molecule has 1 aliphatic carbocycles. The van der Waals surface area contributed by atoms with E-state index in [2.05, 4.69) is 10.2 Å². The molecule has 0 aromatic heterocycles. The molecule has 1 atom stereocenters. The summed E-state index contributed by atoms with van der Waals surface area (Å²) in [4.78, 5) is 15.8. The van der Waals surface area contributed by atoms with Crippen molar-refractivity contribution in [3.63, 3.8) is 0 Å². The first kappa shape index (κ1) is 97.3. The fourth-order valence-corrected chi connectivity index (χ4v) is 18.5. The van der Waals surface area contributed by atoms with E-state index in [1.54, 1.807) is 0 Å². The molecule has 6 nitrogen and oxygen atoms in total. The topological polar surface area (TPSA) is 60.0 Å². The second-order valence-electron chi connectivity index (χ2n) is 36.6. The van der Waals surface area contributed by atoms with Crippen LogP contribution in [-0.2, 0) is 14.2 Å². The normalized spacial score (nSPS) is 25.6. The molecule has 2 spiro atoms. The molecule has 1 amide bonds. The molecule has 104 heavy (non-hydrogen) atoms. The van der Waals surface area contributed by atoms with E-state index >= 15 is 0 Å². The third-order valence-electron chi connectivity index (χ3n) is 25.5. The van der Waals surface area contributed by atoms with Crippen LogP contribution in [0.2, 0.25) is 0 Å². The van der Waals surface area contributed by atoms with Crippen molar-refractivity contribution in [2.24, 2.45) is 5.41 Å². The SMILES string of the molecule is CC(C)(C)OC(=O)N1CCCCCCCCCCCCCCCCCCCCCCCCCCCCCCCCCCCCCCCC2(CCCCCCCCCCCCCCCCCCCCCCCCCCCCCCCCCCCCCCCCCCCCCC23OCCO3)CNCCCC1. The van der Waals surface area contributed by atoms with E-state index in [1.165, 1.54) is 520 Å². The predicted octanol–water partition coefficient (Wildman–Crippen LogP) is 33.7. The average Bonchev–Trinajstić information content (AvgIpc) is 1.44. The minimum absolute atomic E-state index is 0.0426. The van der Waals surface area contributed by atoms with Gasteiger partial charge in [-0.25, -0.2) is 4.79 Å². The van der Waals surface area contributed by atoms with Crippen LogP contribution < -0.4 is 5.32 Å². The van der Waals surface area contributed by atoms with Gasteiger partial charge in [-0.2, -0.15) is 0 Å². The number of hydrogen-bond acceptors (Lipinski definition) is 5. The highest BCUT2D eigenvalue weighted by atomic mass is 16.7. The van der Waals surface area contributed by atoms with Gasteiger partial charge in [-0.05, 0) is 65.8 Å². The van der Waals surface area contributed by atoms with Crippen molar-refractivity contribution in [1.82, 2.24) is 10.2 Å². The molecule has 3 fully saturated rings. The van der Waals surface area contributed by atoms with Gasteiger partial charge < -0.3 is 24.4 Å². The van der Waals surface area contributed by atoms with E-state index in [9.17, 15) is 4.79 Å². The number of carbonyl (C=O) groups excluding carboxylic acids is 1. The zero-order chi connectivity index (χ0) is 73.8. The van der Waals surface area contributed by atoms with Crippen molar-refractivity contribution < 1.29 is 19.0 Å². The number of rotatable bonds is 0. The summed E-state index contributed by atoms with van der Waals surface area (Å²) in [5, 5.41) is 4.17. The van der Waals surface area contributed by atoms with Crippen LogP contribution in [0.4, 0.5) is 4.79 Å². The summed E-state index contributed by atoms with van der Waals surface area (Å²) in [6.07, 6.45) is 119. The van der Waals surface area contributed by atoms with Gasteiger partial charge in [-0.15, -0.1) is 0 Å². The Labute approximate surface area is 654 Å². The number of carbonyl (C=O) groups is 1. The number of nitrogens with one attached hydrogen (secondary N) is 1. The Bertz CT molecular complexity index is 1670. The summed E-state index contributed by atoms with van der Waals surface area (Å²) in [5.41, 5.74) is -0.529. The van der Waals surface area contributed by atoms with Crippen molar-refractivity contribution in [2.75, 3.05) is 39.4 Å². The lowest BCUT2D eigenvalue weighted by Crippen LogP contribution is -2.55. The standard InChI is InChI=1S/C98H192N2O4/c1-96(2,3)104-95(101)100-90-84-79-75-71-67-63-59-55-51-47-43-39-35-31-27-23-19-15-11-13-17-21-25-29-33-37-41-45-49-53-57-61-65-69-73-77-81-87-97(94-99-89-83-85-91-100)86-80-76-72-68-64-60-56-52-48-44-40-36-32-28-24-20-16-12-9-7-5-4-6-8-10-14-18-22-26-30-34-38-42-46-50-54-58-62-66-70-74-78-82-88-98(97)102-92-93-103-98/h99H,4-94H2,1-3H3. The zero-order valence-electron chi connectivity index (χ0n) is 71.9. The van der Waals surface area contributed by atoms with Crippen molar-refractivity contribution in [3.05, 3.63) is 0 Å². The fraction of sp³-hybridized carbons (Fsp3) is 0.990. The molecule has 2 saturated heterocycles. The Morgan fingerprint density at radius 3 is 0.625 bits per heavy atom. The molecule has 1 unspecified atom stereocenters. The maximum atomic E-state index is 13.8. The first-order chi connectivity index (χ1) is 51.4. The Morgan fingerprint density at radius 2 is 0.423 bits per heavy atom. The molecule has 3 rings (SSSR count). The molecule has 2 aliphatic heterocycles. The summed E-state index contributed by atoms with van der Waals surface area (Å²) < 4.78 is 20.5. The second kappa shape index (κ2) is 74.9. The molecule has 2 heterocycles. The Morgan fingerprint density at radius 1 is 0.250 bits per heavy atom. The van der Waals surface area contributed by atoms with E-state index in [4.69, 9.17) is 14.2 Å². The summed E-state index contributed by atoms with van der Waals surface area (Å²) >= 11 is 0. The van der Waals surface area contributed by atoms with Crippen molar-refractivity contribution in [3.8, 4) is 0 Å². The van der Waals surface area contributed by atoms with Gasteiger partial charge in [0, 0.05) is 31.5 Å². The van der Waals surface area contributed by atoms with Crippen LogP contribution in [0.3, 0.4) is 0 Å². The molecular weight excluding hydrogens is 1270 g/mol. The highest BCUT2D eigenvalue weighted by molar-refractivity contribution is 5.68. The van der Waals surface area contributed by atoms with Gasteiger partial charge in [0.2, 0.25) is 0 Å². The quantitative estimate of drug-likeness (QED) is 0.262. The Balaban J connectivity index is 1.64. The highest BCUT2D eigenvalue weighted by Crippen LogP contribution is 2.50. The van der Waals surface area contributed by atoms with Crippen LogP contribution in [0.5, 0.6) is 0 Å². The van der Waals surface area contributed by atoms with Gasteiger partial charge in [0.05, 0.1) is 13.2 Å². The molecule has 0 radical (unpaired) electrons. The van der Waals surface area contributed by atoms with Crippen LogP contribution in [-0.4, -0.2) is 61.8 Å². The molecule has 1 N–H and O–H groups in total. The maximum absolute atomic E-state index is 13.8. The molecule has 1 saturated carbocycles. The molecule has 0 bridgehead atoms. The molecule has 0 aromatic rings. The van der Waals surface area contributed by atoms with E-state index in [0.717, 1.165) is 65.1 Å². The minimum atomic E-state index is -0.500. The van der Waals surface area contributed by atoms with E-state index < -0.39 is 11.4 Å². The van der Waals surface area contributed by atoms with Gasteiger partial charge in [0.1, 0.15) is 5.60 Å². The Kier molecular flexibility index (Phi) is 70.1. The van der Waals surface area contributed by atoms with Gasteiger partial charge >= 0.3 is 6.09 Å². The lowest BCUT2D eigenvalue weighted by Gasteiger charge is -2.48. The largest absolute Gasteiger partial charge is 0.444 e. The second-order valence-corrected chi connectivity index (χ2v) is 36.6. The maximum Gasteiger partial charge on any atom is 0.410 e. The van der Waals surface area contributed by atoms with Crippen LogP contribution in [0.1, 0.15) is 567 Å². The lowest BCUT2D eigenvalue weighted by atomic mass is 9.69. The van der Waals surface area contributed by atoms with Crippen molar-refractivity contribution in [2.45, 2.75) is 578 Å². The van der Waals surface area contributed by atoms with Gasteiger partial charge in [0.25, 0.3) is 0 Å². The number of hydrogen-bond donors (Lipinski definition) is 1. The molecule has 3 aliphatic rings. The number of fused-ring (bicyclic) bond motifs is 1. The van der Waals surface area contributed by atoms with Crippen LogP contribution in [0, 0.1) is 5.41 Å². The van der Waals surface area contributed by atoms with Crippen molar-refractivity contribution in [1.29, 1.82) is 0 Å². The third-order valence-corrected chi connectivity index (χ3v) is 25.5. The monoisotopic (exact) mass is 1460 g/mol. The van der Waals surface area contributed by atoms with Gasteiger partial charge in [0.15, 0.2) is 5.79 Å². The first-order valence-electron chi connectivity index (χ1n) is 49.3. The summed E-state index contributed by atoms with van der Waals surface area (Å²) in [6.45, 7) is 11.1. The number of ether oxygens (including phenoxy) is 3. The highest BCUT2D eigenvalue weighted by Gasteiger charge is 2.54. The molecule has 0 aromatic carbocycles. The summed E-state index contributed by atoms with van der Waals surface area (Å²) in [6, 6.07) is 0. The first-order valence-corrected chi connectivity index (χ1v) is 49.3. The van der Waals surface area contributed by atoms with Crippen LogP contribution in [0.25, 0.3) is 0 Å². The molecule has 618 valence electrons.